The molecule has 0 aromatic heterocycles. The third kappa shape index (κ3) is 3.61. The van der Waals surface area contributed by atoms with Crippen LogP contribution in [0.25, 0.3) is 0 Å². The third-order valence-corrected chi connectivity index (χ3v) is 6.16. The van der Waals surface area contributed by atoms with Gasteiger partial charge in [0, 0.05) is 23.8 Å². The summed E-state index contributed by atoms with van der Waals surface area (Å²) in [5.74, 6) is -0.725. The predicted octanol–water partition coefficient (Wildman–Crippen LogP) is 3.48. The van der Waals surface area contributed by atoms with Gasteiger partial charge in [-0.2, -0.15) is 0 Å². The van der Waals surface area contributed by atoms with E-state index in [0.29, 0.717) is 12.8 Å². The van der Waals surface area contributed by atoms with Gasteiger partial charge in [0.15, 0.2) is 0 Å². The van der Waals surface area contributed by atoms with Gasteiger partial charge in [0.2, 0.25) is 5.91 Å². The average Bonchev–Trinajstić information content (AvgIpc) is 3.30. The number of carboxylic acids is 1. The number of carboxylic acid groups (broad SMARTS) is 1. The fraction of sp³-hybridized carbons (Fsp3) is 0.391. The lowest BCUT2D eigenvalue weighted by atomic mass is 9.94. The second-order valence-electron chi connectivity index (χ2n) is 7.90. The van der Waals surface area contributed by atoms with Crippen molar-refractivity contribution in [3.8, 4) is 0 Å². The molecule has 2 aromatic rings. The zero-order valence-electron chi connectivity index (χ0n) is 15.4. The largest absolute Gasteiger partial charge is 0.481 e. The lowest BCUT2D eigenvalue weighted by molar-refractivity contribution is -0.137. The minimum absolute atomic E-state index is 0.0178. The van der Waals surface area contributed by atoms with Crippen LogP contribution in [0.1, 0.15) is 42.4 Å². The van der Waals surface area contributed by atoms with Crippen molar-refractivity contribution in [2.45, 2.75) is 50.0 Å². The predicted molar refractivity (Wildman–Crippen MR) is 103 cm³/mol. The van der Waals surface area contributed by atoms with E-state index in [1.165, 1.54) is 11.1 Å². The lowest BCUT2D eigenvalue weighted by Crippen LogP contribution is -2.39. The zero-order chi connectivity index (χ0) is 18.9. The van der Waals surface area contributed by atoms with Crippen LogP contribution in [0, 0.1) is 5.92 Å². The number of amides is 1. The number of rotatable bonds is 7. The molecule has 3 atom stereocenters. The first kappa shape index (κ1) is 17.8. The topological polar surface area (TPSA) is 66.4 Å². The molecule has 27 heavy (non-hydrogen) atoms. The smallest absolute Gasteiger partial charge is 0.303 e. The molecule has 1 saturated carbocycles. The van der Waals surface area contributed by atoms with Gasteiger partial charge in [0.05, 0.1) is 0 Å². The van der Waals surface area contributed by atoms with Crippen LogP contribution in [0.4, 0.5) is 0 Å². The molecule has 4 rings (SSSR count). The average molecular weight is 363 g/mol. The van der Waals surface area contributed by atoms with Crippen molar-refractivity contribution in [1.82, 2.24) is 5.32 Å². The van der Waals surface area contributed by atoms with Gasteiger partial charge in [0.1, 0.15) is 0 Å². The van der Waals surface area contributed by atoms with Gasteiger partial charge in [-0.05, 0) is 48.8 Å². The Morgan fingerprint density at radius 1 is 1.11 bits per heavy atom. The first-order valence-electron chi connectivity index (χ1n) is 9.73. The van der Waals surface area contributed by atoms with E-state index in [9.17, 15) is 9.59 Å². The number of hydrogen-bond acceptors (Lipinski definition) is 2. The fourth-order valence-electron chi connectivity index (χ4n) is 4.66. The van der Waals surface area contributed by atoms with E-state index < -0.39 is 5.97 Å². The molecule has 0 bridgehead atoms. The fourth-order valence-corrected chi connectivity index (χ4v) is 4.66. The summed E-state index contributed by atoms with van der Waals surface area (Å²) >= 11 is 0. The highest BCUT2D eigenvalue weighted by molar-refractivity contribution is 5.85. The molecule has 1 fully saturated rings. The summed E-state index contributed by atoms with van der Waals surface area (Å²) in [6.07, 6.45) is 4.18. The van der Waals surface area contributed by atoms with Crippen LogP contribution < -0.4 is 5.32 Å². The second-order valence-corrected chi connectivity index (χ2v) is 7.90. The van der Waals surface area contributed by atoms with Crippen molar-refractivity contribution in [2.75, 3.05) is 0 Å². The van der Waals surface area contributed by atoms with Crippen LogP contribution in [0.3, 0.4) is 0 Å². The quantitative estimate of drug-likeness (QED) is 0.791. The minimum atomic E-state index is -0.824. The number of carbonyl (C=O) groups excluding carboxylic acids is 1. The summed E-state index contributed by atoms with van der Waals surface area (Å²) in [6.45, 7) is 0. The van der Waals surface area contributed by atoms with Crippen molar-refractivity contribution in [3.05, 3.63) is 71.3 Å². The third-order valence-electron chi connectivity index (χ3n) is 6.16. The van der Waals surface area contributed by atoms with Gasteiger partial charge in [-0.25, -0.2) is 0 Å². The van der Waals surface area contributed by atoms with Crippen molar-refractivity contribution in [2.24, 2.45) is 5.92 Å². The molecule has 0 heterocycles. The molecule has 0 saturated heterocycles. The first-order chi connectivity index (χ1) is 13.1. The molecule has 2 N–H and O–H groups in total. The second kappa shape index (κ2) is 7.18. The number of benzene rings is 2. The first-order valence-corrected chi connectivity index (χ1v) is 9.73. The molecular formula is C23H25NO3. The molecule has 3 unspecified atom stereocenters. The number of hydrogen-bond donors (Lipinski definition) is 2. The van der Waals surface area contributed by atoms with Crippen LogP contribution in [0.15, 0.2) is 54.6 Å². The minimum Gasteiger partial charge on any atom is -0.481 e. The Labute approximate surface area is 159 Å². The van der Waals surface area contributed by atoms with Gasteiger partial charge in [0.25, 0.3) is 0 Å². The highest BCUT2D eigenvalue weighted by atomic mass is 16.4. The van der Waals surface area contributed by atoms with Gasteiger partial charge in [-0.1, -0.05) is 54.6 Å². The van der Waals surface area contributed by atoms with Gasteiger partial charge >= 0.3 is 5.97 Å². The number of fused-ring (bicyclic) bond motifs is 2. The lowest BCUT2D eigenvalue weighted by Gasteiger charge is -2.20. The van der Waals surface area contributed by atoms with Crippen LogP contribution in [0.5, 0.6) is 0 Å². The molecule has 1 amide bonds. The highest BCUT2D eigenvalue weighted by Gasteiger charge is 2.61. The Kier molecular flexibility index (Phi) is 4.73. The van der Waals surface area contributed by atoms with Crippen molar-refractivity contribution in [3.63, 3.8) is 0 Å². The SMILES string of the molecule is O=C(O)CCC(Cc1ccccc1)NC(=O)C1CC12CCc1ccccc12. The highest BCUT2D eigenvalue weighted by Crippen LogP contribution is 2.61. The molecule has 4 heteroatoms. The maximum Gasteiger partial charge on any atom is 0.303 e. The van der Waals surface area contributed by atoms with Crippen molar-refractivity contribution < 1.29 is 14.7 Å². The van der Waals surface area contributed by atoms with Gasteiger partial charge in [-0.15, -0.1) is 0 Å². The van der Waals surface area contributed by atoms with Gasteiger partial charge in [-0.3, -0.25) is 9.59 Å². The summed E-state index contributed by atoms with van der Waals surface area (Å²) < 4.78 is 0. The molecule has 1 spiro atoms. The molecule has 0 radical (unpaired) electrons. The maximum absolute atomic E-state index is 13.0. The monoisotopic (exact) mass is 363 g/mol. The summed E-state index contributed by atoms with van der Waals surface area (Å²) in [5.41, 5.74) is 3.85. The Morgan fingerprint density at radius 2 is 1.85 bits per heavy atom. The normalized spacial score (nSPS) is 23.6. The number of aliphatic carboxylic acids is 1. The Balaban J connectivity index is 1.44. The standard InChI is InChI=1S/C23H25NO3/c25-21(26)11-10-18(14-16-6-2-1-3-7-16)24-22(27)20-15-23(20)13-12-17-8-4-5-9-19(17)23/h1-9,18,20H,10-15H2,(H,24,27)(H,25,26). The summed E-state index contributed by atoms with van der Waals surface area (Å²) in [5, 5.41) is 12.2. The Bertz CT molecular complexity index is 848. The van der Waals surface area contributed by atoms with E-state index in [1.54, 1.807) is 0 Å². The van der Waals surface area contributed by atoms with E-state index in [0.717, 1.165) is 24.8 Å². The van der Waals surface area contributed by atoms with Crippen LogP contribution >= 0.6 is 0 Å². The van der Waals surface area contributed by atoms with E-state index in [4.69, 9.17) is 5.11 Å². The van der Waals surface area contributed by atoms with Crippen LogP contribution in [0.2, 0.25) is 0 Å². The number of carbonyl (C=O) groups is 2. The molecule has 2 aliphatic rings. The number of aryl methyl sites for hydroxylation is 1. The molecule has 2 aromatic carbocycles. The van der Waals surface area contributed by atoms with Crippen LogP contribution in [-0.2, 0) is 27.8 Å². The maximum atomic E-state index is 13.0. The van der Waals surface area contributed by atoms with Crippen molar-refractivity contribution in [1.29, 1.82) is 0 Å². The van der Waals surface area contributed by atoms with E-state index >= 15 is 0 Å². The van der Waals surface area contributed by atoms with Gasteiger partial charge < -0.3 is 10.4 Å². The number of nitrogens with one attached hydrogen (secondary N) is 1. The molecule has 140 valence electrons. The Morgan fingerprint density at radius 3 is 2.63 bits per heavy atom. The molecule has 2 aliphatic carbocycles. The van der Waals surface area contributed by atoms with E-state index in [-0.39, 0.29) is 29.7 Å². The molecule has 0 aliphatic heterocycles. The summed E-state index contributed by atoms with van der Waals surface area (Å²) in [4.78, 5) is 24.0. The van der Waals surface area contributed by atoms with Crippen LogP contribution in [-0.4, -0.2) is 23.0 Å². The van der Waals surface area contributed by atoms with Crippen molar-refractivity contribution >= 4 is 11.9 Å². The molecule has 4 nitrogen and oxygen atoms in total. The summed E-state index contributed by atoms with van der Waals surface area (Å²) in [6, 6.07) is 18.3. The summed E-state index contributed by atoms with van der Waals surface area (Å²) in [7, 11) is 0. The zero-order valence-corrected chi connectivity index (χ0v) is 15.4. The van der Waals surface area contributed by atoms with E-state index in [1.807, 2.05) is 30.3 Å². The van der Waals surface area contributed by atoms with E-state index in [2.05, 4.69) is 29.6 Å². The Hall–Kier alpha value is -2.62. The molecular weight excluding hydrogens is 338 g/mol.